The second kappa shape index (κ2) is 5.32. The molecular weight excluding hydrogens is 323 g/mol. The Morgan fingerprint density at radius 1 is 1.40 bits per heavy atom. The third kappa shape index (κ3) is 3.19. The molecule has 0 radical (unpaired) electrons. The second-order valence-corrected chi connectivity index (χ2v) is 5.93. The van der Waals surface area contributed by atoms with Gasteiger partial charge < -0.3 is 4.74 Å². The van der Waals surface area contributed by atoms with Crippen molar-refractivity contribution in [2.45, 2.75) is 5.25 Å². The third-order valence-electron chi connectivity index (χ3n) is 2.22. The summed E-state index contributed by atoms with van der Waals surface area (Å²) in [6, 6.07) is 7.71. The molecule has 4 heteroatoms. The van der Waals surface area contributed by atoms with E-state index in [0.717, 1.165) is 22.3 Å². The third-order valence-corrected chi connectivity index (χ3v) is 4.12. The second-order valence-electron chi connectivity index (χ2n) is 3.40. The number of carbonyl (C=O) groups excluding carboxylic acids is 1. The molecule has 0 bridgehead atoms. The predicted molar refractivity (Wildman–Crippen MR) is 70.6 cm³/mol. The fourth-order valence-electron chi connectivity index (χ4n) is 1.22. The van der Waals surface area contributed by atoms with Gasteiger partial charge in [0.1, 0.15) is 0 Å². The summed E-state index contributed by atoms with van der Waals surface area (Å²) in [6.45, 7) is 1.59. The SMILES string of the molecule is O=C(CSC1COC1)c1ccc(I)cc1. The van der Waals surface area contributed by atoms with E-state index in [1.807, 2.05) is 24.3 Å². The number of carbonyl (C=O) groups is 1. The number of rotatable bonds is 4. The summed E-state index contributed by atoms with van der Waals surface area (Å²) in [5, 5.41) is 0.526. The van der Waals surface area contributed by atoms with Gasteiger partial charge in [0.15, 0.2) is 5.78 Å². The van der Waals surface area contributed by atoms with Crippen LogP contribution >= 0.6 is 34.4 Å². The molecular formula is C11H11IO2S. The first-order chi connectivity index (χ1) is 7.25. The summed E-state index contributed by atoms with van der Waals surface area (Å²) in [6.07, 6.45) is 0. The summed E-state index contributed by atoms with van der Waals surface area (Å²) < 4.78 is 6.21. The number of ether oxygens (including phenoxy) is 1. The fraction of sp³-hybridized carbons (Fsp3) is 0.364. The Labute approximate surface area is 107 Å². The summed E-state index contributed by atoms with van der Waals surface area (Å²) in [7, 11) is 0. The van der Waals surface area contributed by atoms with Crippen molar-refractivity contribution >= 4 is 40.1 Å². The molecule has 0 spiro atoms. The van der Waals surface area contributed by atoms with Crippen molar-refractivity contribution in [3.8, 4) is 0 Å². The van der Waals surface area contributed by atoms with Gasteiger partial charge in [0.05, 0.1) is 24.2 Å². The van der Waals surface area contributed by atoms with Crippen LogP contribution in [0.4, 0.5) is 0 Å². The Balaban J connectivity index is 1.86. The minimum Gasteiger partial charge on any atom is -0.379 e. The number of hydrogen-bond acceptors (Lipinski definition) is 3. The monoisotopic (exact) mass is 334 g/mol. The molecule has 1 aliphatic heterocycles. The van der Waals surface area contributed by atoms with E-state index in [1.165, 1.54) is 0 Å². The van der Waals surface area contributed by atoms with Crippen molar-refractivity contribution in [2.24, 2.45) is 0 Å². The summed E-state index contributed by atoms with van der Waals surface area (Å²) in [5.74, 6) is 0.775. The maximum absolute atomic E-state index is 11.7. The van der Waals surface area contributed by atoms with E-state index in [1.54, 1.807) is 11.8 Å². The van der Waals surface area contributed by atoms with Gasteiger partial charge >= 0.3 is 0 Å². The zero-order valence-electron chi connectivity index (χ0n) is 8.11. The molecule has 2 nitrogen and oxygen atoms in total. The van der Waals surface area contributed by atoms with Gasteiger partial charge in [-0.25, -0.2) is 0 Å². The van der Waals surface area contributed by atoms with Crippen LogP contribution in [-0.2, 0) is 4.74 Å². The van der Waals surface area contributed by atoms with Gasteiger partial charge in [-0.1, -0.05) is 12.1 Å². The molecule has 0 N–H and O–H groups in total. The maximum atomic E-state index is 11.7. The minimum absolute atomic E-state index is 0.211. The minimum atomic E-state index is 0.211. The van der Waals surface area contributed by atoms with Crippen molar-refractivity contribution in [2.75, 3.05) is 19.0 Å². The van der Waals surface area contributed by atoms with Crippen LogP contribution in [0.25, 0.3) is 0 Å². The normalized spacial score (nSPS) is 16.1. The maximum Gasteiger partial charge on any atom is 0.172 e. The van der Waals surface area contributed by atoms with Crippen LogP contribution in [0.15, 0.2) is 24.3 Å². The number of hydrogen-bond donors (Lipinski definition) is 0. The smallest absolute Gasteiger partial charge is 0.172 e. The quantitative estimate of drug-likeness (QED) is 0.625. The first kappa shape index (κ1) is 11.4. The Kier molecular flexibility index (Phi) is 4.05. The lowest BCUT2D eigenvalue weighted by Crippen LogP contribution is -2.31. The lowest BCUT2D eigenvalue weighted by atomic mass is 10.2. The highest BCUT2D eigenvalue weighted by molar-refractivity contribution is 14.1. The first-order valence-corrected chi connectivity index (χ1v) is 6.86. The van der Waals surface area contributed by atoms with Gasteiger partial charge in [0.2, 0.25) is 0 Å². The lowest BCUT2D eigenvalue weighted by Gasteiger charge is -2.24. The number of benzene rings is 1. The molecule has 1 aliphatic rings. The van der Waals surface area contributed by atoms with E-state index in [2.05, 4.69) is 22.6 Å². The highest BCUT2D eigenvalue weighted by atomic mass is 127. The van der Waals surface area contributed by atoms with Gasteiger partial charge in [-0.3, -0.25) is 4.79 Å². The zero-order valence-corrected chi connectivity index (χ0v) is 11.1. The number of halogens is 1. The fourth-order valence-corrected chi connectivity index (χ4v) is 2.52. The molecule has 0 atom stereocenters. The molecule has 2 rings (SSSR count). The van der Waals surface area contributed by atoms with Crippen LogP contribution in [0.3, 0.4) is 0 Å². The van der Waals surface area contributed by atoms with Crippen LogP contribution < -0.4 is 0 Å². The molecule has 1 fully saturated rings. The molecule has 0 amide bonds. The van der Waals surface area contributed by atoms with Crippen molar-refractivity contribution in [3.05, 3.63) is 33.4 Å². The van der Waals surface area contributed by atoms with Crippen molar-refractivity contribution in [1.29, 1.82) is 0 Å². The van der Waals surface area contributed by atoms with Crippen molar-refractivity contribution in [3.63, 3.8) is 0 Å². The summed E-state index contributed by atoms with van der Waals surface area (Å²) in [5.41, 5.74) is 0.808. The standard InChI is InChI=1S/C11H11IO2S/c12-9-3-1-8(2-4-9)11(13)7-15-10-5-14-6-10/h1-4,10H,5-7H2. The number of thioether (sulfide) groups is 1. The molecule has 15 heavy (non-hydrogen) atoms. The molecule has 0 unspecified atom stereocenters. The van der Waals surface area contributed by atoms with Crippen LogP contribution in [0.1, 0.15) is 10.4 Å². The first-order valence-electron chi connectivity index (χ1n) is 4.74. The largest absolute Gasteiger partial charge is 0.379 e. The molecule has 0 saturated carbocycles. The average molecular weight is 334 g/mol. The van der Waals surface area contributed by atoms with Gasteiger partial charge in [0.25, 0.3) is 0 Å². The van der Waals surface area contributed by atoms with E-state index in [4.69, 9.17) is 4.74 Å². The van der Waals surface area contributed by atoms with E-state index in [9.17, 15) is 4.79 Å². The Morgan fingerprint density at radius 3 is 2.60 bits per heavy atom. The zero-order chi connectivity index (χ0) is 10.7. The molecule has 1 aromatic rings. The Morgan fingerprint density at radius 2 is 2.07 bits per heavy atom. The van der Waals surface area contributed by atoms with E-state index >= 15 is 0 Å². The number of Topliss-reactive ketones (excluding diaryl/α,β-unsaturated/α-hetero) is 1. The van der Waals surface area contributed by atoms with Gasteiger partial charge in [-0.2, -0.15) is 0 Å². The summed E-state index contributed by atoms with van der Waals surface area (Å²) >= 11 is 3.93. The summed E-state index contributed by atoms with van der Waals surface area (Å²) in [4.78, 5) is 11.7. The molecule has 1 heterocycles. The molecule has 0 aliphatic carbocycles. The Bertz CT molecular complexity index is 346. The van der Waals surface area contributed by atoms with Crippen LogP contribution in [-0.4, -0.2) is 30.0 Å². The van der Waals surface area contributed by atoms with Crippen molar-refractivity contribution in [1.82, 2.24) is 0 Å². The van der Waals surface area contributed by atoms with Crippen molar-refractivity contribution < 1.29 is 9.53 Å². The number of ketones is 1. The molecule has 1 saturated heterocycles. The molecule has 80 valence electrons. The van der Waals surface area contributed by atoms with Crippen LogP contribution in [0, 0.1) is 3.57 Å². The van der Waals surface area contributed by atoms with Gasteiger partial charge in [-0.15, -0.1) is 11.8 Å². The molecule has 1 aromatic carbocycles. The van der Waals surface area contributed by atoms with Crippen LogP contribution in [0.5, 0.6) is 0 Å². The van der Waals surface area contributed by atoms with Gasteiger partial charge in [0, 0.05) is 9.13 Å². The highest BCUT2D eigenvalue weighted by Gasteiger charge is 2.20. The Hall–Kier alpha value is -0.0700. The average Bonchev–Trinajstić information content (AvgIpc) is 2.16. The highest BCUT2D eigenvalue weighted by Crippen LogP contribution is 2.20. The predicted octanol–water partition coefficient (Wildman–Crippen LogP) is 2.61. The van der Waals surface area contributed by atoms with Gasteiger partial charge in [-0.05, 0) is 34.7 Å². The van der Waals surface area contributed by atoms with E-state index in [0.29, 0.717) is 11.0 Å². The van der Waals surface area contributed by atoms with Crippen LogP contribution in [0.2, 0.25) is 0 Å². The van der Waals surface area contributed by atoms with E-state index < -0.39 is 0 Å². The lowest BCUT2D eigenvalue weighted by molar-refractivity contribution is 0.0455. The topological polar surface area (TPSA) is 26.3 Å². The van der Waals surface area contributed by atoms with E-state index in [-0.39, 0.29) is 5.78 Å². The molecule has 0 aromatic heterocycles.